The third kappa shape index (κ3) is 3.99. The molecule has 1 aromatic heterocycles. The van der Waals surface area contributed by atoms with Gasteiger partial charge in [0.25, 0.3) is 0 Å². The summed E-state index contributed by atoms with van der Waals surface area (Å²) in [4.78, 5) is 1.41. The Morgan fingerprint density at radius 3 is 2.58 bits per heavy atom. The Labute approximate surface area is 121 Å². The van der Waals surface area contributed by atoms with Gasteiger partial charge in [0.1, 0.15) is 0 Å². The van der Waals surface area contributed by atoms with Gasteiger partial charge < -0.3 is 5.32 Å². The molecule has 19 heavy (non-hydrogen) atoms. The number of hydrogen-bond acceptors (Lipinski definition) is 4. The molecule has 1 aliphatic carbocycles. The van der Waals surface area contributed by atoms with Gasteiger partial charge in [-0.05, 0) is 49.7 Å². The van der Waals surface area contributed by atoms with E-state index in [0.29, 0.717) is 6.04 Å². The molecule has 0 aliphatic heterocycles. The number of nitrogens with one attached hydrogen (secondary N) is 1. The second-order valence-corrected chi connectivity index (χ2v) is 6.41. The molecule has 0 saturated heterocycles. The first-order valence-electron chi connectivity index (χ1n) is 7.91. The molecule has 1 atom stereocenters. The van der Waals surface area contributed by atoms with E-state index in [0.717, 1.165) is 18.9 Å². The lowest BCUT2D eigenvalue weighted by molar-refractivity contribution is 0.328. The number of nitrogens with zero attached hydrogens (tertiary/aromatic N) is 2. The summed E-state index contributed by atoms with van der Waals surface area (Å²) in [5.41, 5.74) is 1.21. The quantitative estimate of drug-likeness (QED) is 0.797. The van der Waals surface area contributed by atoms with Gasteiger partial charge in [0.2, 0.25) is 0 Å². The van der Waals surface area contributed by atoms with Crippen molar-refractivity contribution in [1.82, 2.24) is 14.9 Å². The highest BCUT2D eigenvalue weighted by Gasteiger charge is 2.27. The summed E-state index contributed by atoms with van der Waals surface area (Å²) in [6.45, 7) is 5.52. The van der Waals surface area contributed by atoms with E-state index in [1.807, 2.05) is 0 Å². The largest absolute Gasteiger partial charge is 0.309 e. The maximum atomic E-state index is 4.31. The first-order chi connectivity index (χ1) is 9.36. The molecule has 1 unspecified atom stereocenters. The van der Waals surface area contributed by atoms with Gasteiger partial charge in [0, 0.05) is 6.04 Å². The standard InChI is InChI=1S/C15H27N3S/c1-3-11-16-14(12-9-7-5-6-8-10-12)15-13(4-2)17-18-19-15/h12,14,16H,3-11H2,1-2H3. The van der Waals surface area contributed by atoms with Crippen LogP contribution in [0.3, 0.4) is 0 Å². The Kier molecular flexibility index (Phi) is 6.24. The second-order valence-electron chi connectivity index (χ2n) is 5.62. The number of aryl methyl sites for hydroxylation is 1. The predicted molar refractivity (Wildman–Crippen MR) is 81.5 cm³/mol. The predicted octanol–water partition coefficient (Wildman–Crippen LogP) is 4.11. The average molecular weight is 281 g/mol. The fourth-order valence-electron chi connectivity index (χ4n) is 3.11. The first-order valence-corrected chi connectivity index (χ1v) is 8.68. The Bertz CT molecular complexity index is 356. The molecule has 0 amide bonds. The van der Waals surface area contributed by atoms with Crippen molar-refractivity contribution in [3.8, 4) is 0 Å². The minimum atomic E-state index is 0.494. The Hall–Kier alpha value is -0.480. The molecule has 4 heteroatoms. The van der Waals surface area contributed by atoms with Gasteiger partial charge in [0.05, 0.1) is 10.6 Å². The van der Waals surface area contributed by atoms with E-state index < -0.39 is 0 Å². The Morgan fingerprint density at radius 1 is 1.21 bits per heavy atom. The molecule has 1 N–H and O–H groups in total. The lowest BCUT2D eigenvalue weighted by atomic mass is 9.90. The van der Waals surface area contributed by atoms with Crippen molar-refractivity contribution >= 4 is 11.5 Å². The third-order valence-corrected chi connectivity index (χ3v) is 5.04. The lowest BCUT2D eigenvalue weighted by Gasteiger charge is -2.26. The molecule has 2 rings (SSSR count). The summed E-state index contributed by atoms with van der Waals surface area (Å²) in [5.74, 6) is 0.779. The highest BCUT2D eigenvalue weighted by atomic mass is 32.1. The number of aromatic nitrogens is 2. The minimum absolute atomic E-state index is 0.494. The smallest absolute Gasteiger partial charge is 0.0801 e. The van der Waals surface area contributed by atoms with Gasteiger partial charge in [0.15, 0.2) is 0 Å². The topological polar surface area (TPSA) is 37.8 Å². The van der Waals surface area contributed by atoms with E-state index in [1.54, 1.807) is 11.5 Å². The lowest BCUT2D eigenvalue weighted by Crippen LogP contribution is -2.29. The van der Waals surface area contributed by atoms with Crippen molar-refractivity contribution in [2.75, 3.05) is 6.54 Å². The fourth-order valence-corrected chi connectivity index (χ4v) is 4.02. The number of rotatable bonds is 6. The molecule has 0 radical (unpaired) electrons. The van der Waals surface area contributed by atoms with Gasteiger partial charge in [-0.2, -0.15) is 0 Å². The van der Waals surface area contributed by atoms with Crippen molar-refractivity contribution in [3.05, 3.63) is 10.6 Å². The molecule has 0 aromatic carbocycles. The molecule has 1 aromatic rings. The van der Waals surface area contributed by atoms with Crippen LogP contribution in [0.25, 0.3) is 0 Å². The average Bonchev–Trinajstić information content (AvgIpc) is 2.74. The van der Waals surface area contributed by atoms with Gasteiger partial charge >= 0.3 is 0 Å². The molecular weight excluding hydrogens is 254 g/mol. The van der Waals surface area contributed by atoms with Gasteiger partial charge in [-0.15, -0.1) is 5.10 Å². The second kappa shape index (κ2) is 7.95. The van der Waals surface area contributed by atoms with Crippen LogP contribution in [-0.2, 0) is 6.42 Å². The molecule has 1 aliphatic rings. The van der Waals surface area contributed by atoms with E-state index >= 15 is 0 Å². The Morgan fingerprint density at radius 2 is 1.95 bits per heavy atom. The zero-order valence-electron chi connectivity index (χ0n) is 12.3. The summed E-state index contributed by atoms with van der Waals surface area (Å²) < 4.78 is 4.19. The van der Waals surface area contributed by atoms with Crippen molar-refractivity contribution in [2.45, 2.75) is 71.3 Å². The Balaban J connectivity index is 2.14. The maximum Gasteiger partial charge on any atom is 0.0801 e. The molecule has 108 valence electrons. The first kappa shape index (κ1) is 14.9. The van der Waals surface area contributed by atoms with Crippen LogP contribution in [0.15, 0.2) is 0 Å². The van der Waals surface area contributed by atoms with Gasteiger partial charge in [-0.25, -0.2) is 0 Å². The highest BCUT2D eigenvalue weighted by molar-refractivity contribution is 7.05. The van der Waals surface area contributed by atoms with Crippen molar-refractivity contribution < 1.29 is 0 Å². The van der Waals surface area contributed by atoms with E-state index in [1.165, 1.54) is 55.5 Å². The van der Waals surface area contributed by atoms with Crippen LogP contribution in [-0.4, -0.2) is 16.1 Å². The zero-order valence-corrected chi connectivity index (χ0v) is 13.1. The molecule has 1 fully saturated rings. The fraction of sp³-hybridized carbons (Fsp3) is 0.867. The van der Waals surface area contributed by atoms with E-state index in [9.17, 15) is 0 Å². The summed E-state index contributed by atoms with van der Waals surface area (Å²) in [5, 5.41) is 8.08. The van der Waals surface area contributed by atoms with Crippen molar-refractivity contribution in [1.29, 1.82) is 0 Å². The summed E-state index contributed by atoms with van der Waals surface area (Å²) in [6, 6.07) is 0.494. The van der Waals surface area contributed by atoms with Crippen molar-refractivity contribution in [3.63, 3.8) is 0 Å². The van der Waals surface area contributed by atoms with E-state index in [2.05, 4.69) is 28.8 Å². The highest BCUT2D eigenvalue weighted by Crippen LogP contribution is 2.36. The summed E-state index contributed by atoms with van der Waals surface area (Å²) in [6.07, 6.45) is 10.5. The van der Waals surface area contributed by atoms with Crippen LogP contribution >= 0.6 is 11.5 Å². The molecule has 1 heterocycles. The SMILES string of the molecule is CCCNC(c1snnc1CC)C1CCCCCC1. The van der Waals surface area contributed by atoms with Crippen LogP contribution < -0.4 is 5.32 Å². The molecule has 1 saturated carbocycles. The molecular formula is C15H27N3S. The van der Waals surface area contributed by atoms with Crippen molar-refractivity contribution in [2.24, 2.45) is 5.92 Å². The van der Waals surface area contributed by atoms with Crippen LogP contribution in [0, 0.1) is 5.92 Å². The summed E-state index contributed by atoms with van der Waals surface area (Å²) in [7, 11) is 0. The van der Waals surface area contributed by atoms with Crippen LogP contribution in [0.2, 0.25) is 0 Å². The van der Waals surface area contributed by atoms with E-state index in [-0.39, 0.29) is 0 Å². The molecule has 0 bridgehead atoms. The van der Waals surface area contributed by atoms with Crippen LogP contribution in [0.5, 0.6) is 0 Å². The van der Waals surface area contributed by atoms with Gasteiger partial charge in [-0.1, -0.05) is 44.0 Å². The van der Waals surface area contributed by atoms with Gasteiger partial charge in [-0.3, -0.25) is 0 Å². The normalized spacial score (nSPS) is 19.3. The summed E-state index contributed by atoms with van der Waals surface area (Å²) >= 11 is 1.61. The number of hydrogen-bond donors (Lipinski definition) is 1. The molecule has 3 nitrogen and oxygen atoms in total. The van der Waals surface area contributed by atoms with Crippen LogP contribution in [0.4, 0.5) is 0 Å². The third-order valence-electron chi connectivity index (χ3n) is 4.19. The minimum Gasteiger partial charge on any atom is -0.309 e. The monoisotopic (exact) mass is 281 g/mol. The zero-order chi connectivity index (χ0) is 13.5. The maximum absolute atomic E-state index is 4.31. The van der Waals surface area contributed by atoms with E-state index in [4.69, 9.17) is 0 Å². The molecule has 0 spiro atoms. The van der Waals surface area contributed by atoms with Crippen LogP contribution in [0.1, 0.15) is 75.4 Å².